The summed E-state index contributed by atoms with van der Waals surface area (Å²) < 4.78 is 4.78. The predicted molar refractivity (Wildman–Crippen MR) is 121 cm³/mol. The molecule has 7 N–H and O–H groups in total. The van der Waals surface area contributed by atoms with Crippen molar-refractivity contribution in [2.75, 3.05) is 33.3 Å². The average Bonchev–Trinajstić information content (AvgIpc) is 3.07. The summed E-state index contributed by atoms with van der Waals surface area (Å²) in [7, 11) is 1.39. The lowest BCUT2D eigenvalue weighted by Crippen LogP contribution is -2.44. The van der Waals surface area contributed by atoms with Crippen molar-refractivity contribution in [3.05, 3.63) is 46.9 Å². The van der Waals surface area contributed by atoms with Crippen LogP contribution in [0.5, 0.6) is 0 Å². The Morgan fingerprint density at radius 1 is 1.28 bits per heavy atom. The van der Waals surface area contributed by atoms with Crippen LogP contribution in [-0.2, 0) is 22.5 Å². The first-order chi connectivity index (χ1) is 15.4. The normalized spacial score (nSPS) is 17.1. The highest BCUT2D eigenvalue weighted by atomic mass is 16.5. The first-order valence-electron chi connectivity index (χ1n) is 10.9. The lowest BCUT2D eigenvalue weighted by molar-refractivity contribution is -0.139. The molecule has 0 spiro atoms. The number of rotatable bonds is 9. The Morgan fingerprint density at radius 2 is 2.00 bits per heavy atom. The quantitative estimate of drug-likeness (QED) is 0.347. The highest BCUT2D eigenvalue weighted by Crippen LogP contribution is 2.18. The molecule has 32 heavy (non-hydrogen) atoms. The Kier molecular flexibility index (Phi) is 8.07. The van der Waals surface area contributed by atoms with Gasteiger partial charge in [-0.05, 0) is 43.5 Å². The Balaban J connectivity index is 1.64. The second kappa shape index (κ2) is 11.0. The molecule has 174 valence electrons. The third kappa shape index (κ3) is 5.98. The Hall–Kier alpha value is -3.11. The van der Waals surface area contributed by atoms with E-state index in [0.717, 1.165) is 50.1 Å². The number of ether oxygens (including phenoxy) is 1. The van der Waals surface area contributed by atoms with E-state index in [1.54, 1.807) is 0 Å². The van der Waals surface area contributed by atoms with Gasteiger partial charge in [0.1, 0.15) is 11.5 Å². The second-order valence-corrected chi connectivity index (χ2v) is 8.14. The summed E-state index contributed by atoms with van der Waals surface area (Å²) >= 11 is 0. The summed E-state index contributed by atoms with van der Waals surface area (Å²) in [5, 5.41) is 14.1. The highest BCUT2D eigenvalue weighted by molar-refractivity contribution is 6.13. The van der Waals surface area contributed by atoms with Gasteiger partial charge in [0, 0.05) is 25.7 Å². The van der Waals surface area contributed by atoms with Gasteiger partial charge in [-0.1, -0.05) is 24.3 Å². The number of esters is 1. The van der Waals surface area contributed by atoms with Gasteiger partial charge in [-0.2, -0.15) is 0 Å². The van der Waals surface area contributed by atoms with Crippen molar-refractivity contribution in [1.82, 2.24) is 20.4 Å². The van der Waals surface area contributed by atoms with E-state index in [9.17, 15) is 9.59 Å². The number of hydrogen-bond donors (Lipinski definition) is 5. The van der Waals surface area contributed by atoms with E-state index < -0.39 is 0 Å². The molecule has 2 fully saturated rings. The molecule has 0 saturated carbocycles. The van der Waals surface area contributed by atoms with Crippen molar-refractivity contribution in [2.24, 2.45) is 11.5 Å². The van der Waals surface area contributed by atoms with Gasteiger partial charge in [-0.3, -0.25) is 20.0 Å². The fourth-order valence-corrected chi connectivity index (χ4v) is 4.20. The minimum Gasteiger partial charge on any atom is -0.469 e. The molecule has 2 heterocycles. The number of carbonyl (C=O) groups is 2. The first kappa shape index (κ1) is 23.6. The van der Waals surface area contributed by atoms with Crippen LogP contribution in [0.4, 0.5) is 4.79 Å². The second-order valence-electron chi connectivity index (χ2n) is 8.14. The van der Waals surface area contributed by atoms with Crippen LogP contribution in [0.1, 0.15) is 30.4 Å². The van der Waals surface area contributed by atoms with E-state index in [1.807, 2.05) is 12.1 Å². The van der Waals surface area contributed by atoms with Crippen LogP contribution in [0, 0.1) is 5.41 Å². The van der Waals surface area contributed by atoms with E-state index in [-0.39, 0.29) is 35.8 Å². The van der Waals surface area contributed by atoms with Gasteiger partial charge in [0.15, 0.2) is 5.84 Å². The van der Waals surface area contributed by atoms with E-state index in [4.69, 9.17) is 21.6 Å². The number of urea groups is 1. The zero-order chi connectivity index (χ0) is 23.1. The largest absolute Gasteiger partial charge is 0.469 e. The summed E-state index contributed by atoms with van der Waals surface area (Å²) in [6.07, 6.45) is 3.07. The molecule has 10 nitrogen and oxygen atoms in total. The van der Waals surface area contributed by atoms with Crippen molar-refractivity contribution in [1.29, 1.82) is 5.41 Å². The van der Waals surface area contributed by atoms with Gasteiger partial charge in [0.25, 0.3) is 0 Å². The van der Waals surface area contributed by atoms with Gasteiger partial charge >= 0.3 is 12.0 Å². The number of methoxy groups -OCH3 is 1. The number of nitrogens with two attached hydrogens (primary N) is 2. The number of benzene rings is 1. The summed E-state index contributed by atoms with van der Waals surface area (Å²) in [5.41, 5.74) is 13.4. The SMILES string of the molecule is COC(=O)Cc1cccc(CN(CCCN2C(=N)C(=C(N)N)NC2=O)C2CCNCC2)c1. The minimum atomic E-state index is -0.373. The van der Waals surface area contributed by atoms with E-state index in [2.05, 4.69) is 27.7 Å². The number of hydrogen-bond acceptors (Lipinski definition) is 8. The molecule has 1 aromatic rings. The number of nitrogens with zero attached hydrogens (tertiary/aromatic N) is 2. The molecule has 2 amide bonds. The van der Waals surface area contributed by atoms with E-state index in [0.29, 0.717) is 19.0 Å². The average molecular weight is 444 g/mol. The Bertz CT molecular complexity index is 876. The highest BCUT2D eigenvalue weighted by Gasteiger charge is 2.31. The molecule has 2 aliphatic rings. The fourth-order valence-electron chi connectivity index (χ4n) is 4.20. The van der Waals surface area contributed by atoms with Crippen LogP contribution >= 0.6 is 0 Å². The summed E-state index contributed by atoms with van der Waals surface area (Å²) in [4.78, 5) is 27.6. The molecular weight excluding hydrogens is 410 g/mol. The molecule has 0 bridgehead atoms. The lowest BCUT2D eigenvalue weighted by Gasteiger charge is -2.35. The van der Waals surface area contributed by atoms with Crippen LogP contribution in [-0.4, -0.2) is 67.0 Å². The van der Waals surface area contributed by atoms with Crippen LogP contribution in [0.3, 0.4) is 0 Å². The van der Waals surface area contributed by atoms with E-state index >= 15 is 0 Å². The molecule has 2 saturated heterocycles. The topological polar surface area (TPSA) is 150 Å². The minimum absolute atomic E-state index is 0.0129. The van der Waals surface area contributed by atoms with Crippen LogP contribution < -0.4 is 22.1 Å². The van der Waals surface area contributed by atoms with Gasteiger partial charge in [0.05, 0.1) is 13.5 Å². The smallest absolute Gasteiger partial charge is 0.327 e. The molecule has 1 aromatic carbocycles. The molecule has 2 aliphatic heterocycles. The fraction of sp³-hybridized carbons (Fsp3) is 0.500. The Labute approximate surface area is 188 Å². The van der Waals surface area contributed by atoms with Crippen molar-refractivity contribution < 1.29 is 14.3 Å². The van der Waals surface area contributed by atoms with Crippen LogP contribution in [0.15, 0.2) is 35.8 Å². The molecular formula is C22H33N7O3. The maximum Gasteiger partial charge on any atom is 0.327 e. The summed E-state index contributed by atoms with van der Waals surface area (Å²) in [6.45, 7) is 3.90. The van der Waals surface area contributed by atoms with Crippen molar-refractivity contribution >= 4 is 17.8 Å². The number of amides is 2. The molecule has 0 radical (unpaired) electrons. The van der Waals surface area contributed by atoms with Crippen LogP contribution in [0.25, 0.3) is 0 Å². The van der Waals surface area contributed by atoms with Gasteiger partial charge in [-0.25, -0.2) is 4.79 Å². The van der Waals surface area contributed by atoms with Crippen molar-refractivity contribution in [3.8, 4) is 0 Å². The van der Waals surface area contributed by atoms with E-state index in [1.165, 1.54) is 12.0 Å². The maximum absolute atomic E-state index is 12.2. The van der Waals surface area contributed by atoms with Crippen LogP contribution in [0.2, 0.25) is 0 Å². The first-order valence-corrected chi connectivity index (χ1v) is 10.9. The third-order valence-electron chi connectivity index (χ3n) is 5.88. The number of nitrogens with one attached hydrogen (secondary N) is 3. The number of amidine groups is 1. The molecule has 0 unspecified atom stereocenters. The van der Waals surface area contributed by atoms with Gasteiger partial charge in [0.2, 0.25) is 0 Å². The zero-order valence-electron chi connectivity index (χ0n) is 18.5. The summed E-state index contributed by atoms with van der Waals surface area (Å²) in [6, 6.07) is 8.08. The standard InChI is InChI=1S/C22H33N7O3/c1-32-18(30)13-15-4-2-5-16(12-15)14-28(17-6-8-26-9-7-17)10-3-11-29-21(25)19(20(23)24)27-22(29)31/h2,4-5,12,17,25-26H,3,6-11,13-14,23-24H2,1H3,(H,27,31). The third-order valence-corrected chi connectivity index (χ3v) is 5.88. The number of carbonyl (C=O) groups excluding carboxylic acids is 2. The number of piperidine rings is 1. The Morgan fingerprint density at radius 3 is 2.66 bits per heavy atom. The zero-order valence-corrected chi connectivity index (χ0v) is 18.5. The molecule has 3 rings (SSSR count). The predicted octanol–water partition coefficient (Wildman–Crippen LogP) is 0.435. The molecule has 0 aliphatic carbocycles. The maximum atomic E-state index is 12.2. The van der Waals surface area contributed by atoms with Gasteiger partial charge < -0.3 is 26.8 Å². The monoisotopic (exact) mass is 443 g/mol. The lowest BCUT2D eigenvalue weighted by atomic mass is 10.0. The summed E-state index contributed by atoms with van der Waals surface area (Å²) in [5.74, 6) is -0.303. The molecule has 0 aromatic heterocycles. The molecule has 0 atom stereocenters. The molecule has 10 heteroatoms. The van der Waals surface area contributed by atoms with Crippen molar-refractivity contribution in [2.45, 2.75) is 38.3 Å². The van der Waals surface area contributed by atoms with Gasteiger partial charge in [-0.15, -0.1) is 0 Å². The van der Waals surface area contributed by atoms with Crippen molar-refractivity contribution in [3.63, 3.8) is 0 Å².